The monoisotopic (exact) mass is 780 g/mol. The minimum absolute atomic E-state index is 0.121. The lowest BCUT2D eigenvalue weighted by atomic mass is 9.33. The molecule has 2 saturated heterocycles. The number of aliphatic carboxylic acids is 2. The zero-order chi connectivity index (χ0) is 40.4. The summed E-state index contributed by atoms with van der Waals surface area (Å²) < 4.78 is 23.2. The quantitative estimate of drug-likeness (QED) is 0.143. The van der Waals surface area contributed by atoms with E-state index in [0.29, 0.717) is 25.7 Å². The number of allylic oxidation sites excluding steroid dienone is 2. The summed E-state index contributed by atoms with van der Waals surface area (Å²) in [6.07, 6.45) is -7.57. The molecule has 0 aromatic carbocycles. The van der Waals surface area contributed by atoms with Crippen molar-refractivity contribution in [2.75, 3.05) is 6.61 Å². The molecule has 5 aliphatic carbocycles. The van der Waals surface area contributed by atoms with Crippen LogP contribution in [-0.4, -0.2) is 127 Å². The Labute approximate surface area is 323 Å². The lowest BCUT2D eigenvalue weighted by molar-refractivity contribution is -0.354. The number of carboxylic acid groups (broad SMARTS) is 2. The topological polar surface area (TPSA) is 233 Å². The van der Waals surface area contributed by atoms with Crippen LogP contribution in [0.1, 0.15) is 106 Å². The van der Waals surface area contributed by atoms with Gasteiger partial charge in [-0.3, -0.25) is 4.79 Å². The SMILES string of the molecule is CC1(C)CC(O)[C@]2(C(=O)O)CC[C@]3(C)C(=CC[C@@H]4[C@@]5(C)CC[C@H](O[C@@H]6O[C@H](C(=O)O)[C@@H](O[C@@H]7OC[C@H](O)[C@H](O)[C@H]7O)[C@H](O)[C@H]6O)C(C)(C)[C@@H]5CC[C@]43C)[C@@H]2C1. The van der Waals surface area contributed by atoms with Crippen LogP contribution in [0.5, 0.6) is 0 Å². The third kappa shape index (κ3) is 6.01. The Balaban J connectivity index is 1.11. The van der Waals surface area contributed by atoms with Crippen LogP contribution < -0.4 is 0 Å². The van der Waals surface area contributed by atoms with Crippen molar-refractivity contribution in [3.8, 4) is 0 Å². The van der Waals surface area contributed by atoms with E-state index in [2.05, 4.69) is 54.5 Å². The van der Waals surface area contributed by atoms with E-state index in [-0.39, 0.29) is 39.4 Å². The molecule has 1 unspecified atom stereocenters. The van der Waals surface area contributed by atoms with Gasteiger partial charge in [-0.15, -0.1) is 0 Å². The standard InChI is InChI=1S/C41H64O14/c1-36(2)16-20-19-8-9-23-38(5)12-11-25(37(3,4)22(38)10-13-40(23,7)39(19,6)14-15-41(20,35(50)51)24(43)17-36)53-34-29(47)27(45)30(31(55-34)32(48)49)54-33-28(46)26(44)21(42)18-52-33/h8,20-31,33-34,42-47H,9-18H2,1-7H3,(H,48,49)(H,50,51)/t20-,21-,22-,23+,24?,25-,26-,27+,28+,29+,30-,31-,33-,34+,38-,39+,40+,41-/m0/s1. The number of carbonyl (C=O) groups is 2. The predicted molar refractivity (Wildman–Crippen MR) is 194 cm³/mol. The Bertz CT molecular complexity index is 1550. The molecule has 14 heteroatoms. The summed E-state index contributed by atoms with van der Waals surface area (Å²) >= 11 is 0. The number of ether oxygens (including phenoxy) is 4. The maximum absolute atomic E-state index is 13.1. The van der Waals surface area contributed by atoms with Crippen molar-refractivity contribution in [1.82, 2.24) is 0 Å². The predicted octanol–water partition coefficient (Wildman–Crippen LogP) is 2.58. The van der Waals surface area contributed by atoms with Crippen molar-refractivity contribution in [3.05, 3.63) is 11.6 Å². The summed E-state index contributed by atoms with van der Waals surface area (Å²) in [5.41, 5.74) is -1.08. The van der Waals surface area contributed by atoms with Gasteiger partial charge in [0.15, 0.2) is 18.7 Å². The second kappa shape index (κ2) is 13.7. The summed E-state index contributed by atoms with van der Waals surface area (Å²) in [5.74, 6) is -2.15. The van der Waals surface area contributed by atoms with Gasteiger partial charge in [-0.05, 0) is 103 Å². The van der Waals surface area contributed by atoms with Crippen molar-refractivity contribution in [1.29, 1.82) is 0 Å². The fourth-order valence-corrected chi connectivity index (χ4v) is 13.6. The van der Waals surface area contributed by atoms with Crippen LogP contribution in [0.15, 0.2) is 11.6 Å². The summed E-state index contributed by atoms with van der Waals surface area (Å²) in [6.45, 7) is 15.3. The minimum Gasteiger partial charge on any atom is -0.481 e. The molecule has 2 aliphatic heterocycles. The molecular weight excluding hydrogens is 716 g/mol. The van der Waals surface area contributed by atoms with E-state index in [1.807, 2.05) is 0 Å². The van der Waals surface area contributed by atoms with Gasteiger partial charge in [0.05, 0.1) is 18.8 Å². The van der Waals surface area contributed by atoms with Crippen molar-refractivity contribution in [2.24, 2.45) is 50.2 Å². The number of hydrogen-bond acceptors (Lipinski definition) is 12. The summed E-state index contributed by atoms with van der Waals surface area (Å²) in [5, 5.41) is 85.0. The van der Waals surface area contributed by atoms with Gasteiger partial charge < -0.3 is 59.8 Å². The van der Waals surface area contributed by atoms with Crippen molar-refractivity contribution >= 4 is 11.9 Å². The summed E-state index contributed by atoms with van der Waals surface area (Å²) in [4.78, 5) is 25.5. The second-order valence-electron chi connectivity index (χ2n) is 20.4. The highest BCUT2D eigenvalue weighted by atomic mass is 16.7. The molecule has 14 nitrogen and oxygen atoms in total. The van der Waals surface area contributed by atoms with Crippen LogP contribution in [0.4, 0.5) is 0 Å². The largest absolute Gasteiger partial charge is 0.481 e. The van der Waals surface area contributed by atoms with Gasteiger partial charge in [0.25, 0.3) is 0 Å². The molecule has 0 radical (unpaired) electrons. The average molecular weight is 781 g/mol. The number of carboxylic acids is 2. The molecule has 7 rings (SSSR count). The highest BCUT2D eigenvalue weighted by molar-refractivity contribution is 5.77. The molecule has 55 heavy (non-hydrogen) atoms. The summed E-state index contributed by atoms with van der Waals surface area (Å²) in [7, 11) is 0. The van der Waals surface area contributed by atoms with Gasteiger partial charge in [0.1, 0.15) is 42.0 Å². The smallest absolute Gasteiger partial charge is 0.335 e. The molecule has 4 saturated carbocycles. The van der Waals surface area contributed by atoms with Gasteiger partial charge in [0, 0.05) is 0 Å². The number of rotatable bonds is 6. The maximum atomic E-state index is 13.1. The molecule has 0 bridgehead atoms. The molecule has 8 N–H and O–H groups in total. The van der Waals surface area contributed by atoms with E-state index < -0.39 is 96.9 Å². The first-order valence-corrected chi connectivity index (χ1v) is 20.3. The third-order valence-electron chi connectivity index (χ3n) is 16.8. The van der Waals surface area contributed by atoms with E-state index in [4.69, 9.17) is 18.9 Å². The average Bonchev–Trinajstić information content (AvgIpc) is 3.08. The van der Waals surface area contributed by atoms with Gasteiger partial charge in [0.2, 0.25) is 0 Å². The molecule has 312 valence electrons. The molecule has 7 aliphatic rings. The molecule has 6 fully saturated rings. The lowest BCUT2D eigenvalue weighted by Gasteiger charge is -2.71. The Kier molecular flexibility index (Phi) is 10.3. The van der Waals surface area contributed by atoms with E-state index >= 15 is 0 Å². The highest BCUT2D eigenvalue weighted by Gasteiger charge is 2.71. The Morgan fingerprint density at radius 3 is 2.09 bits per heavy atom. The third-order valence-corrected chi connectivity index (χ3v) is 16.8. The number of aliphatic hydroxyl groups excluding tert-OH is 6. The first-order valence-electron chi connectivity index (χ1n) is 20.3. The first-order chi connectivity index (χ1) is 25.5. The zero-order valence-electron chi connectivity index (χ0n) is 33.3. The number of aliphatic hydroxyl groups is 6. The molecular formula is C41H64O14. The van der Waals surface area contributed by atoms with Crippen LogP contribution in [0, 0.1) is 50.2 Å². The maximum Gasteiger partial charge on any atom is 0.335 e. The van der Waals surface area contributed by atoms with Gasteiger partial charge in [-0.1, -0.05) is 60.1 Å². The lowest BCUT2D eigenvalue weighted by Crippen LogP contribution is -2.67. The number of hydrogen-bond donors (Lipinski definition) is 8. The Morgan fingerprint density at radius 2 is 1.44 bits per heavy atom. The molecule has 0 aromatic heterocycles. The van der Waals surface area contributed by atoms with Crippen molar-refractivity contribution < 1.29 is 69.4 Å². The fraction of sp³-hybridized carbons (Fsp3) is 0.902. The second-order valence-corrected chi connectivity index (χ2v) is 20.4. The van der Waals surface area contributed by atoms with E-state index in [1.54, 1.807) is 0 Å². The normalized spacial score (nSPS) is 53.1. The first kappa shape index (κ1) is 41.4. The molecule has 0 spiro atoms. The van der Waals surface area contributed by atoms with E-state index in [0.717, 1.165) is 32.1 Å². The fourth-order valence-electron chi connectivity index (χ4n) is 13.6. The molecule has 18 atom stereocenters. The Morgan fingerprint density at radius 1 is 0.764 bits per heavy atom. The minimum atomic E-state index is -1.82. The Hall–Kier alpha value is -1.72. The van der Waals surface area contributed by atoms with Crippen LogP contribution in [0.2, 0.25) is 0 Å². The molecule has 2 heterocycles. The molecule has 0 aromatic rings. The van der Waals surface area contributed by atoms with E-state index in [9.17, 15) is 50.4 Å². The van der Waals surface area contributed by atoms with Crippen LogP contribution >= 0.6 is 0 Å². The number of fused-ring (bicyclic) bond motifs is 7. The van der Waals surface area contributed by atoms with Crippen LogP contribution in [-0.2, 0) is 28.5 Å². The highest BCUT2D eigenvalue weighted by Crippen LogP contribution is 2.76. The van der Waals surface area contributed by atoms with Crippen molar-refractivity contribution in [2.45, 2.75) is 174 Å². The van der Waals surface area contributed by atoms with E-state index in [1.165, 1.54) is 5.57 Å². The summed E-state index contributed by atoms with van der Waals surface area (Å²) in [6, 6.07) is 0. The zero-order valence-corrected chi connectivity index (χ0v) is 33.3. The van der Waals surface area contributed by atoms with Crippen molar-refractivity contribution in [3.63, 3.8) is 0 Å². The van der Waals surface area contributed by atoms with Crippen LogP contribution in [0.25, 0.3) is 0 Å². The molecule has 0 amide bonds. The van der Waals surface area contributed by atoms with Gasteiger partial charge in [-0.2, -0.15) is 0 Å². The van der Waals surface area contributed by atoms with Gasteiger partial charge >= 0.3 is 11.9 Å². The van der Waals surface area contributed by atoms with Crippen LogP contribution in [0.3, 0.4) is 0 Å². The van der Waals surface area contributed by atoms with Gasteiger partial charge in [-0.25, -0.2) is 4.79 Å².